The van der Waals surface area contributed by atoms with Crippen LogP contribution in [0, 0.1) is 0 Å². The lowest BCUT2D eigenvalue weighted by Crippen LogP contribution is -2.66. The number of nitrogens with one attached hydrogen (secondary N) is 1. The van der Waals surface area contributed by atoms with E-state index in [4.69, 9.17) is 28.4 Å². The Morgan fingerprint density at radius 1 is 0.381 bits per heavy atom. The number of allylic oxidation sites excluding steroid dienone is 20. The summed E-state index contributed by atoms with van der Waals surface area (Å²) in [6, 6.07) is -0.904. The fourth-order valence-electron chi connectivity index (χ4n) is 11.8. The van der Waals surface area contributed by atoms with E-state index >= 15 is 0 Å². The van der Waals surface area contributed by atoms with Gasteiger partial charge in [-0.25, -0.2) is 0 Å². The van der Waals surface area contributed by atoms with Crippen LogP contribution in [0.1, 0.15) is 232 Å². The normalized spacial score (nSPS) is 27.6. The summed E-state index contributed by atoms with van der Waals surface area (Å²) in [6.45, 7) is 1.66. The summed E-state index contributed by atoms with van der Waals surface area (Å²) < 4.78 is 34.4. The maximum atomic E-state index is 13.4. The van der Waals surface area contributed by atoms with E-state index in [1.165, 1.54) is 70.6 Å². The van der Waals surface area contributed by atoms with Gasteiger partial charge in [-0.05, 0) is 89.9 Å². The number of aliphatic hydroxyl groups excluding tert-OH is 11. The largest absolute Gasteiger partial charge is 0.394 e. The van der Waals surface area contributed by atoms with Crippen LogP contribution in [0.25, 0.3) is 0 Å². The number of unbranched alkanes of at least 4 members (excludes halogenated alkanes) is 20. The molecule has 0 bridgehead atoms. The van der Waals surface area contributed by atoms with E-state index in [0.29, 0.717) is 12.8 Å². The lowest BCUT2D eigenvalue weighted by Gasteiger charge is -2.48. The Morgan fingerprint density at radius 2 is 0.711 bits per heavy atom. The van der Waals surface area contributed by atoms with Crippen molar-refractivity contribution >= 4 is 5.91 Å². The summed E-state index contributed by atoms with van der Waals surface area (Å²) in [7, 11) is 0. The molecular formula is C78H131NO18. The number of rotatable bonds is 56. The molecule has 0 radical (unpaired) electrons. The molecule has 0 aromatic carbocycles. The van der Waals surface area contributed by atoms with E-state index in [1.807, 2.05) is 0 Å². The number of amides is 1. The average molecular weight is 1370 g/mol. The van der Waals surface area contributed by atoms with E-state index in [9.17, 15) is 61.0 Å². The van der Waals surface area contributed by atoms with Gasteiger partial charge in [0.2, 0.25) is 5.91 Å². The lowest BCUT2D eigenvalue weighted by atomic mass is 9.96. The minimum atomic E-state index is -1.98. The molecule has 3 rings (SSSR count). The Labute approximate surface area is 582 Å². The summed E-state index contributed by atoms with van der Waals surface area (Å²) >= 11 is 0. The fraction of sp³-hybridized carbons (Fsp3) is 0.731. The van der Waals surface area contributed by atoms with Crippen LogP contribution in [-0.4, -0.2) is 193 Å². The van der Waals surface area contributed by atoms with Gasteiger partial charge in [-0.2, -0.15) is 0 Å². The zero-order chi connectivity index (χ0) is 70.4. The molecule has 556 valence electrons. The molecule has 19 heteroatoms. The first-order valence-electron chi connectivity index (χ1n) is 37.3. The van der Waals surface area contributed by atoms with Crippen LogP contribution in [0.3, 0.4) is 0 Å². The van der Waals surface area contributed by atoms with Crippen LogP contribution in [0.4, 0.5) is 0 Å². The molecule has 3 saturated heterocycles. The van der Waals surface area contributed by atoms with Crippen LogP contribution in [0.15, 0.2) is 122 Å². The molecule has 3 fully saturated rings. The molecule has 0 aromatic rings. The quantitative estimate of drug-likeness (QED) is 0.0199. The Kier molecular flexibility index (Phi) is 52.1. The first-order valence-corrected chi connectivity index (χ1v) is 37.3. The highest BCUT2D eigenvalue weighted by atomic mass is 16.8. The predicted molar refractivity (Wildman–Crippen MR) is 383 cm³/mol. The molecular weight excluding hydrogens is 1240 g/mol. The second-order valence-corrected chi connectivity index (χ2v) is 26.0. The Balaban J connectivity index is 1.37. The van der Waals surface area contributed by atoms with Crippen molar-refractivity contribution in [2.45, 2.75) is 336 Å². The molecule has 1 amide bonds. The summed E-state index contributed by atoms with van der Waals surface area (Å²) in [5.74, 6) is -0.262. The molecule has 0 aliphatic carbocycles. The molecule has 0 saturated carbocycles. The van der Waals surface area contributed by atoms with Gasteiger partial charge in [0, 0.05) is 6.42 Å². The molecule has 19 nitrogen and oxygen atoms in total. The summed E-state index contributed by atoms with van der Waals surface area (Å²) in [5.41, 5.74) is 0. The van der Waals surface area contributed by atoms with Gasteiger partial charge in [0.1, 0.15) is 73.2 Å². The number of ether oxygens (including phenoxy) is 6. The maximum Gasteiger partial charge on any atom is 0.220 e. The number of hydrogen-bond acceptors (Lipinski definition) is 18. The van der Waals surface area contributed by atoms with Crippen molar-refractivity contribution < 1.29 is 89.4 Å². The van der Waals surface area contributed by atoms with Crippen LogP contribution in [-0.2, 0) is 33.2 Å². The molecule has 17 atom stereocenters. The molecule has 0 spiro atoms. The highest BCUT2D eigenvalue weighted by Crippen LogP contribution is 2.33. The van der Waals surface area contributed by atoms with Crippen LogP contribution >= 0.6 is 0 Å². The maximum absolute atomic E-state index is 13.4. The molecule has 3 aliphatic heterocycles. The molecule has 3 aliphatic rings. The first kappa shape index (κ1) is 87.4. The summed E-state index contributed by atoms with van der Waals surface area (Å²) in [6.07, 6.45) is 52.7. The van der Waals surface area contributed by atoms with E-state index in [2.05, 4.69) is 141 Å². The van der Waals surface area contributed by atoms with Gasteiger partial charge in [-0.15, -0.1) is 0 Å². The molecule has 17 unspecified atom stereocenters. The Hall–Kier alpha value is -3.81. The van der Waals surface area contributed by atoms with Crippen LogP contribution < -0.4 is 5.32 Å². The third-order valence-electron chi connectivity index (χ3n) is 17.8. The smallest absolute Gasteiger partial charge is 0.220 e. The van der Waals surface area contributed by atoms with Gasteiger partial charge in [-0.1, -0.05) is 257 Å². The molecule has 12 N–H and O–H groups in total. The minimum absolute atomic E-state index is 0.241. The monoisotopic (exact) mass is 1370 g/mol. The van der Waals surface area contributed by atoms with E-state index < -0.39 is 124 Å². The van der Waals surface area contributed by atoms with Crippen molar-refractivity contribution in [2.75, 3.05) is 26.4 Å². The lowest BCUT2D eigenvalue weighted by molar-refractivity contribution is -0.379. The standard InChI is InChI=1S/C78H131NO18/c1-3-5-7-9-11-13-15-17-19-20-21-22-23-24-25-26-27-28-29-30-31-32-33-34-35-36-37-38-39-40-42-44-46-48-50-52-54-56-66(84)79-61(62(83)55-53-51-49-47-45-43-41-18-16-14-12-10-8-6-4-2)60-92-76-72(90)69(87)74(64(58-81)94-76)97-78-73(91)70(88)75(65(59-82)95-78)96-77-71(89)68(86)67(85)63(57-80)93-77/h5,7,11,13,17,19,21-22,24-25,27-28,30-31,33-34,36-37,39-40,61-65,67-78,80-83,85-91H,3-4,6,8-10,12,14-16,18,20,23,26,29,32,35,38,41-60H2,1-2H3,(H,79,84)/b7-5-,13-11-,19-17-,22-21-,25-24-,28-27-,31-30-,34-33-,37-36-,40-39-. The third-order valence-corrected chi connectivity index (χ3v) is 17.8. The van der Waals surface area contributed by atoms with Crippen molar-refractivity contribution in [3.8, 4) is 0 Å². The summed E-state index contributed by atoms with van der Waals surface area (Å²) in [4.78, 5) is 13.4. The number of hydrogen-bond donors (Lipinski definition) is 12. The number of aliphatic hydroxyl groups is 11. The van der Waals surface area contributed by atoms with E-state index in [0.717, 1.165) is 128 Å². The van der Waals surface area contributed by atoms with Gasteiger partial charge < -0.3 is 89.9 Å². The minimum Gasteiger partial charge on any atom is -0.394 e. The zero-order valence-electron chi connectivity index (χ0n) is 59.0. The molecule has 0 aromatic heterocycles. The first-order chi connectivity index (χ1) is 47.3. The topological polar surface area (TPSA) is 307 Å². The second kappa shape index (κ2) is 57.8. The number of carbonyl (C=O) groups is 1. The third kappa shape index (κ3) is 38.7. The van der Waals surface area contributed by atoms with Crippen molar-refractivity contribution in [3.05, 3.63) is 122 Å². The van der Waals surface area contributed by atoms with Crippen molar-refractivity contribution in [1.29, 1.82) is 0 Å². The van der Waals surface area contributed by atoms with Gasteiger partial charge in [0.15, 0.2) is 18.9 Å². The van der Waals surface area contributed by atoms with Crippen LogP contribution in [0.5, 0.6) is 0 Å². The van der Waals surface area contributed by atoms with Gasteiger partial charge >= 0.3 is 0 Å². The van der Waals surface area contributed by atoms with Crippen molar-refractivity contribution in [3.63, 3.8) is 0 Å². The highest BCUT2D eigenvalue weighted by molar-refractivity contribution is 5.76. The second-order valence-electron chi connectivity index (χ2n) is 26.0. The SMILES string of the molecule is CC/C=C\C/C=C\C/C=C\C/C=C\C/C=C\C/C=C\C/C=C\C/C=C\C/C=C\C/C=C\CCCCCCCCC(=O)NC(COC1OC(CO)C(OC2OC(CO)C(OC3OC(CO)C(O)C(O)C3O)C(O)C2O)C(O)C1O)C(O)CCCCCCCCCCCCCCCCC. The zero-order valence-corrected chi connectivity index (χ0v) is 59.0. The highest BCUT2D eigenvalue weighted by Gasteiger charge is 2.53. The molecule has 3 heterocycles. The average Bonchev–Trinajstić information content (AvgIpc) is 0.789. The van der Waals surface area contributed by atoms with Crippen molar-refractivity contribution in [1.82, 2.24) is 5.32 Å². The van der Waals surface area contributed by atoms with Gasteiger partial charge in [0.25, 0.3) is 0 Å². The van der Waals surface area contributed by atoms with Crippen molar-refractivity contribution in [2.24, 2.45) is 0 Å². The van der Waals surface area contributed by atoms with E-state index in [1.54, 1.807) is 0 Å². The Bertz CT molecular complexity index is 2230. The summed E-state index contributed by atoms with van der Waals surface area (Å²) in [5, 5.41) is 121. The van der Waals surface area contributed by atoms with E-state index in [-0.39, 0.29) is 18.9 Å². The molecule has 97 heavy (non-hydrogen) atoms. The van der Waals surface area contributed by atoms with Gasteiger partial charge in [-0.3, -0.25) is 4.79 Å². The Morgan fingerprint density at radius 3 is 1.11 bits per heavy atom. The number of carbonyl (C=O) groups excluding carboxylic acids is 1. The van der Waals surface area contributed by atoms with Gasteiger partial charge in [0.05, 0.1) is 38.6 Å². The van der Waals surface area contributed by atoms with Crippen LogP contribution in [0.2, 0.25) is 0 Å². The predicted octanol–water partition coefficient (Wildman–Crippen LogP) is 11.2. The fourth-order valence-corrected chi connectivity index (χ4v) is 11.8.